The van der Waals surface area contributed by atoms with E-state index in [0.717, 1.165) is 17.0 Å². The van der Waals surface area contributed by atoms with Gasteiger partial charge in [0.05, 0.1) is 16.1 Å². The summed E-state index contributed by atoms with van der Waals surface area (Å²) in [6.07, 6.45) is 0. The number of imide groups is 1. The van der Waals surface area contributed by atoms with Crippen LogP contribution in [-0.4, -0.2) is 68.9 Å². The fourth-order valence-electron chi connectivity index (χ4n) is 4.48. The van der Waals surface area contributed by atoms with Gasteiger partial charge in [0.1, 0.15) is 6.04 Å². The Kier molecular flexibility index (Phi) is 6.78. The van der Waals surface area contributed by atoms with Gasteiger partial charge >= 0.3 is 18.0 Å². The highest BCUT2D eigenvalue weighted by molar-refractivity contribution is 6.01. The lowest BCUT2D eigenvalue weighted by Gasteiger charge is -2.41. The molecular formula is C24H25N5O6. The number of nitrogens with zero attached hydrogens (tertiary/aromatic N) is 4. The average molecular weight is 479 g/mol. The first kappa shape index (κ1) is 23.9. The van der Waals surface area contributed by atoms with Gasteiger partial charge in [0.25, 0.3) is 5.69 Å². The number of carboxylic acid groups (broad SMARTS) is 1. The van der Waals surface area contributed by atoms with E-state index >= 15 is 0 Å². The molecule has 11 heteroatoms. The molecule has 11 nitrogen and oxygen atoms in total. The highest BCUT2D eigenvalue weighted by atomic mass is 16.6. The lowest BCUT2D eigenvalue weighted by molar-refractivity contribution is -0.385. The summed E-state index contributed by atoms with van der Waals surface area (Å²) in [6.45, 7) is 3.89. The summed E-state index contributed by atoms with van der Waals surface area (Å²) in [7, 11) is 0. The van der Waals surface area contributed by atoms with Gasteiger partial charge in [-0.05, 0) is 18.6 Å². The molecule has 1 saturated heterocycles. The SMILES string of the molecule is CC1=C(C(=O)O)C(c2ccccc2[N+](=O)[O-])N(C(=O)N2CCN(Cc3ccccc3)CC2)C(=O)N1. The number of carbonyl (C=O) groups is 3. The average Bonchev–Trinajstić information content (AvgIpc) is 2.84. The van der Waals surface area contributed by atoms with Crippen LogP contribution in [0.2, 0.25) is 0 Å². The molecule has 2 N–H and O–H groups in total. The van der Waals surface area contributed by atoms with E-state index in [-0.39, 0.29) is 22.5 Å². The number of hydrogen-bond acceptors (Lipinski definition) is 6. The number of piperazine rings is 1. The van der Waals surface area contributed by atoms with Crippen molar-refractivity contribution in [3.05, 3.63) is 87.1 Å². The third-order valence-corrected chi connectivity index (χ3v) is 6.21. The van der Waals surface area contributed by atoms with Crippen molar-refractivity contribution in [1.29, 1.82) is 0 Å². The second-order valence-electron chi connectivity index (χ2n) is 8.39. The molecule has 0 spiro atoms. The topological polar surface area (TPSA) is 136 Å². The number of hydrogen-bond donors (Lipinski definition) is 2. The van der Waals surface area contributed by atoms with Crippen LogP contribution >= 0.6 is 0 Å². The number of urea groups is 2. The normalized spacial score (nSPS) is 18.9. The molecule has 4 rings (SSSR count). The van der Waals surface area contributed by atoms with Gasteiger partial charge in [-0.3, -0.25) is 15.0 Å². The van der Waals surface area contributed by atoms with Gasteiger partial charge in [-0.1, -0.05) is 42.5 Å². The number of nitrogens with one attached hydrogen (secondary N) is 1. The van der Waals surface area contributed by atoms with Crippen molar-refractivity contribution in [3.63, 3.8) is 0 Å². The first-order chi connectivity index (χ1) is 16.8. The molecule has 2 aromatic rings. The highest BCUT2D eigenvalue weighted by Crippen LogP contribution is 2.38. The summed E-state index contributed by atoms with van der Waals surface area (Å²) in [5.74, 6) is -1.38. The number of rotatable bonds is 5. The van der Waals surface area contributed by atoms with Crippen LogP contribution in [0.5, 0.6) is 0 Å². The summed E-state index contributed by atoms with van der Waals surface area (Å²) < 4.78 is 0. The molecule has 2 aliphatic heterocycles. The minimum absolute atomic E-state index is 0.0300. The number of allylic oxidation sites excluding steroid dienone is 1. The molecule has 182 valence electrons. The quantitative estimate of drug-likeness (QED) is 0.497. The van der Waals surface area contributed by atoms with Gasteiger partial charge in [0, 0.05) is 44.5 Å². The Morgan fingerprint density at radius 3 is 2.31 bits per heavy atom. The van der Waals surface area contributed by atoms with E-state index in [9.17, 15) is 29.6 Å². The molecule has 0 saturated carbocycles. The zero-order valence-corrected chi connectivity index (χ0v) is 19.1. The molecule has 4 amide bonds. The largest absolute Gasteiger partial charge is 0.478 e. The number of benzene rings is 2. The predicted octanol–water partition coefficient (Wildman–Crippen LogP) is 2.96. The Balaban J connectivity index is 1.62. The highest BCUT2D eigenvalue weighted by Gasteiger charge is 2.45. The summed E-state index contributed by atoms with van der Waals surface area (Å²) >= 11 is 0. The maximum absolute atomic E-state index is 13.6. The van der Waals surface area contributed by atoms with Crippen LogP contribution in [0.25, 0.3) is 0 Å². The third-order valence-electron chi connectivity index (χ3n) is 6.21. The van der Waals surface area contributed by atoms with E-state index in [0.29, 0.717) is 26.2 Å². The summed E-state index contributed by atoms with van der Waals surface area (Å²) in [4.78, 5) is 54.2. The third kappa shape index (κ3) is 4.85. The number of para-hydroxylation sites is 1. The minimum Gasteiger partial charge on any atom is -0.478 e. The Morgan fingerprint density at radius 2 is 1.69 bits per heavy atom. The number of aliphatic carboxylic acids is 1. The van der Waals surface area contributed by atoms with Crippen LogP contribution in [0.1, 0.15) is 24.1 Å². The summed E-state index contributed by atoms with van der Waals surface area (Å²) in [5.41, 5.74) is 0.465. The van der Waals surface area contributed by atoms with Gasteiger partial charge < -0.3 is 15.3 Å². The maximum atomic E-state index is 13.6. The fourth-order valence-corrected chi connectivity index (χ4v) is 4.48. The molecule has 2 aliphatic rings. The number of amides is 4. The van der Waals surface area contributed by atoms with Crippen molar-refractivity contribution in [3.8, 4) is 0 Å². The van der Waals surface area contributed by atoms with Crippen LogP contribution in [-0.2, 0) is 11.3 Å². The smallest absolute Gasteiger partial charge is 0.335 e. The van der Waals surface area contributed by atoms with Gasteiger partial charge in [-0.15, -0.1) is 0 Å². The van der Waals surface area contributed by atoms with E-state index in [1.165, 1.54) is 36.1 Å². The second-order valence-corrected chi connectivity index (χ2v) is 8.39. The van der Waals surface area contributed by atoms with Gasteiger partial charge in [-0.2, -0.15) is 0 Å². The monoisotopic (exact) mass is 479 g/mol. The molecule has 1 atom stereocenters. The number of carboxylic acids is 1. The Bertz CT molecular complexity index is 1190. The molecule has 1 fully saturated rings. The number of carbonyl (C=O) groups excluding carboxylic acids is 2. The van der Waals surface area contributed by atoms with Crippen LogP contribution < -0.4 is 5.32 Å². The van der Waals surface area contributed by atoms with E-state index in [4.69, 9.17) is 0 Å². The Hall–Kier alpha value is -4.25. The van der Waals surface area contributed by atoms with Crippen molar-refractivity contribution in [1.82, 2.24) is 20.0 Å². The van der Waals surface area contributed by atoms with E-state index in [1.54, 1.807) is 0 Å². The summed E-state index contributed by atoms with van der Waals surface area (Å²) in [5, 5.41) is 24.0. The van der Waals surface area contributed by atoms with Crippen molar-refractivity contribution >= 4 is 23.7 Å². The predicted molar refractivity (Wildman–Crippen MR) is 125 cm³/mol. The molecule has 0 radical (unpaired) electrons. The summed E-state index contributed by atoms with van der Waals surface area (Å²) in [6, 6.07) is 12.5. The number of nitro groups is 1. The number of nitro benzene ring substituents is 1. The lowest BCUT2D eigenvalue weighted by Crippen LogP contribution is -2.58. The van der Waals surface area contributed by atoms with Crippen molar-refractivity contribution in [2.75, 3.05) is 26.2 Å². The molecule has 2 heterocycles. The molecule has 0 aromatic heterocycles. The van der Waals surface area contributed by atoms with Gasteiger partial charge in [0.15, 0.2) is 0 Å². The van der Waals surface area contributed by atoms with E-state index in [2.05, 4.69) is 10.2 Å². The van der Waals surface area contributed by atoms with Gasteiger partial charge in [-0.25, -0.2) is 19.3 Å². The molecule has 2 aromatic carbocycles. The van der Waals surface area contributed by atoms with Crippen molar-refractivity contribution < 1.29 is 24.4 Å². The molecule has 0 bridgehead atoms. The van der Waals surface area contributed by atoms with Gasteiger partial charge in [0.2, 0.25) is 0 Å². The molecule has 35 heavy (non-hydrogen) atoms. The maximum Gasteiger partial charge on any atom is 0.335 e. The van der Waals surface area contributed by atoms with E-state index < -0.39 is 29.0 Å². The molecular weight excluding hydrogens is 454 g/mol. The Morgan fingerprint density at radius 1 is 1.06 bits per heavy atom. The zero-order chi connectivity index (χ0) is 25.1. The minimum atomic E-state index is -1.45. The van der Waals surface area contributed by atoms with Crippen LogP contribution in [0.15, 0.2) is 65.9 Å². The first-order valence-corrected chi connectivity index (χ1v) is 11.1. The fraction of sp³-hybridized carbons (Fsp3) is 0.292. The van der Waals surface area contributed by atoms with E-state index in [1.807, 2.05) is 30.3 Å². The van der Waals surface area contributed by atoms with Crippen LogP contribution in [0.4, 0.5) is 15.3 Å². The first-order valence-electron chi connectivity index (χ1n) is 11.1. The molecule has 1 unspecified atom stereocenters. The van der Waals surface area contributed by atoms with Crippen molar-refractivity contribution in [2.45, 2.75) is 19.5 Å². The standard InChI is InChI=1S/C24H25N5O6/c1-16-20(22(30)31)21(18-9-5-6-10-19(18)29(34)35)28(23(32)25-16)24(33)27-13-11-26(12-14-27)15-17-7-3-2-4-8-17/h2-10,21H,11-15H2,1H3,(H,25,32)(H,30,31). The van der Waals surface area contributed by atoms with Crippen LogP contribution in [0, 0.1) is 10.1 Å². The molecule has 0 aliphatic carbocycles. The van der Waals surface area contributed by atoms with Crippen LogP contribution in [0.3, 0.4) is 0 Å². The van der Waals surface area contributed by atoms with Crippen molar-refractivity contribution in [2.24, 2.45) is 0 Å². The Labute approximate surface area is 201 Å². The second kappa shape index (κ2) is 9.94. The zero-order valence-electron chi connectivity index (χ0n) is 19.1. The lowest BCUT2D eigenvalue weighted by atomic mass is 9.92.